The molecule has 1 aromatic carbocycles. The van der Waals surface area contributed by atoms with E-state index in [0.29, 0.717) is 5.28 Å². The molecule has 1 heterocycles. The van der Waals surface area contributed by atoms with Crippen LogP contribution in [-0.2, 0) is 6.54 Å². The molecule has 1 aliphatic carbocycles. The highest BCUT2D eigenvalue weighted by Crippen LogP contribution is 2.41. The lowest BCUT2D eigenvalue weighted by molar-refractivity contribution is 0.359. The molecule has 0 radical (unpaired) electrons. The normalized spacial score (nSPS) is 17.8. The molecule has 0 unspecified atom stereocenters. The molecule has 21 heavy (non-hydrogen) atoms. The van der Waals surface area contributed by atoms with Gasteiger partial charge in [0.25, 0.3) is 0 Å². The SMILES string of the molecule is CSC1(Cn2c(Cl)nnc2-c2ccccc2)CCCCC1. The molecule has 3 nitrogen and oxygen atoms in total. The lowest BCUT2D eigenvalue weighted by Gasteiger charge is -2.36. The minimum Gasteiger partial charge on any atom is -0.296 e. The van der Waals surface area contributed by atoms with Crippen LogP contribution in [-0.4, -0.2) is 25.8 Å². The number of halogens is 1. The number of hydrogen-bond donors (Lipinski definition) is 0. The van der Waals surface area contributed by atoms with E-state index in [1.165, 1.54) is 32.1 Å². The molecule has 1 saturated carbocycles. The van der Waals surface area contributed by atoms with Gasteiger partial charge in [-0.1, -0.05) is 49.6 Å². The van der Waals surface area contributed by atoms with Crippen LogP contribution in [0.4, 0.5) is 0 Å². The van der Waals surface area contributed by atoms with Gasteiger partial charge in [-0.05, 0) is 30.7 Å². The average Bonchev–Trinajstić information content (AvgIpc) is 2.90. The second-order valence-electron chi connectivity index (χ2n) is 5.69. The molecule has 0 saturated heterocycles. The molecule has 0 spiro atoms. The van der Waals surface area contributed by atoms with Crippen LogP contribution in [0.2, 0.25) is 5.28 Å². The fourth-order valence-electron chi connectivity index (χ4n) is 3.14. The van der Waals surface area contributed by atoms with Crippen molar-refractivity contribution >= 4 is 23.4 Å². The molecule has 0 atom stereocenters. The third-order valence-electron chi connectivity index (χ3n) is 4.38. The minimum absolute atomic E-state index is 0.272. The molecule has 2 aromatic rings. The molecule has 1 aliphatic rings. The molecule has 112 valence electrons. The van der Waals surface area contributed by atoms with Gasteiger partial charge in [0.05, 0.1) is 0 Å². The van der Waals surface area contributed by atoms with E-state index in [4.69, 9.17) is 11.6 Å². The van der Waals surface area contributed by atoms with Crippen molar-refractivity contribution in [1.29, 1.82) is 0 Å². The summed E-state index contributed by atoms with van der Waals surface area (Å²) in [6, 6.07) is 10.2. The molecular weight excluding hydrogens is 302 g/mol. The summed E-state index contributed by atoms with van der Waals surface area (Å²) < 4.78 is 2.35. The molecule has 0 bridgehead atoms. The van der Waals surface area contributed by atoms with Crippen molar-refractivity contribution in [1.82, 2.24) is 14.8 Å². The first-order valence-electron chi connectivity index (χ1n) is 7.43. The summed E-state index contributed by atoms with van der Waals surface area (Å²) in [6.45, 7) is 0.893. The Kier molecular flexibility index (Phi) is 4.55. The first-order valence-corrected chi connectivity index (χ1v) is 9.04. The zero-order valence-electron chi connectivity index (χ0n) is 12.3. The Morgan fingerprint density at radius 1 is 1.14 bits per heavy atom. The fourth-order valence-corrected chi connectivity index (χ4v) is 4.27. The van der Waals surface area contributed by atoms with E-state index >= 15 is 0 Å². The molecule has 0 aliphatic heterocycles. The Balaban J connectivity index is 1.93. The van der Waals surface area contributed by atoms with Gasteiger partial charge in [-0.25, -0.2) is 0 Å². The lowest BCUT2D eigenvalue weighted by Crippen LogP contribution is -2.33. The molecular formula is C16H20ClN3S. The van der Waals surface area contributed by atoms with Crippen LogP contribution >= 0.6 is 23.4 Å². The van der Waals surface area contributed by atoms with Crippen molar-refractivity contribution < 1.29 is 0 Å². The van der Waals surface area contributed by atoms with Gasteiger partial charge < -0.3 is 0 Å². The second-order valence-corrected chi connectivity index (χ2v) is 7.30. The van der Waals surface area contributed by atoms with Crippen LogP contribution in [0.3, 0.4) is 0 Å². The summed E-state index contributed by atoms with van der Waals surface area (Å²) in [5.41, 5.74) is 1.07. The molecule has 0 amide bonds. The van der Waals surface area contributed by atoms with Gasteiger partial charge in [-0.3, -0.25) is 4.57 Å². The highest BCUT2D eigenvalue weighted by atomic mass is 35.5. The Hall–Kier alpha value is -1.00. The Labute approximate surface area is 135 Å². The maximum absolute atomic E-state index is 6.31. The Morgan fingerprint density at radius 3 is 2.52 bits per heavy atom. The van der Waals surface area contributed by atoms with Crippen LogP contribution in [0, 0.1) is 0 Å². The van der Waals surface area contributed by atoms with Gasteiger partial charge >= 0.3 is 0 Å². The zero-order valence-corrected chi connectivity index (χ0v) is 13.8. The van der Waals surface area contributed by atoms with E-state index < -0.39 is 0 Å². The van der Waals surface area contributed by atoms with Gasteiger partial charge in [-0.2, -0.15) is 11.8 Å². The van der Waals surface area contributed by atoms with Crippen molar-refractivity contribution in [2.24, 2.45) is 0 Å². The Bertz CT molecular complexity index is 591. The van der Waals surface area contributed by atoms with E-state index in [1.807, 2.05) is 30.0 Å². The topological polar surface area (TPSA) is 30.7 Å². The van der Waals surface area contributed by atoms with Crippen molar-refractivity contribution in [3.8, 4) is 11.4 Å². The number of hydrogen-bond acceptors (Lipinski definition) is 3. The number of nitrogens with zero attached hydrogens (tertiary/aromatic N) is 3. The third kappa shape index (κ3) is 3.11. The van der Waals surface area contributed by atoms with Crippen LogP contribution in [0.25, 0.3) is 11.4 Å². The average molecular weight is 322 g/mol. The number of benzene rings is 1. The Morgan fingerprint density at radius 2 is 1.86 bits per heavy atom. The molecule has 0 N–H and O–H groups in total. The summed E-state index contributed by atoms with van der Waals surface area (Å²) in [7, 11) is 0. The van der Waals surface area contributed by atoms with Gasteiger partial charge in [0.2, 0.25) is 5.28 Å². The predicted molar refractivity (Wildman–Crippen MR) is 89.8 cm³/mol. The first kappa shape index (κ1) is 14.9. The fraction of sp³-hybridized carbons (Fsp3) is 0.500. The van der Waals surface area contributed by atoms with Gasteiger partial charge in [-0.15, -0.1) is 10.2 Å². The first-order chi connectivity index (χ1) is 10.2. The summed E-state index contributed by atoms with van der Waals surface area (Å²) in [5, 5.41) is 8.88. The van der Waals surface area contributed by atoms with Crippen LogP contribution < -0.4 is 0 Å². The monoisotopic (exact) mass is 321 g/mol. The van der Waals surface area contributed by atoms with E-state index in [1.54, 1.807) is 0 Å². The van der Waals surface area contributed by atoms with Gasteiger partial charge in [0, 0.05) is 16.9 Å². The number of rotatable bonds is 4. The van der Waals surface area contributed by atoms with E-state index in [2.05, 4.69) is 33.2 Å². The second kappa shape index (κ2) is 6.41. The quantitative estimate of drug-likeness (QED) is 0.820. The molecule has 1 fully saturated rings. The van der Waals surface area contributed by atoms with Crippen LogP contribution in [0.5, 0.6) is 0 Å². The van der Waals surface area contributed by atoms with Crippen LogP contribution in [0.1, 0.15) is 32.1 Å². The summed E-state index contributed by atoms with van der Waals surface area (Å²) >= 11 is 8.28. The van der Waals surface area contributed by atoms with Crippen molar-refractivity contribution in [3.63, 3.8) is 0 Å². The highest BCUT2D eigenvalue weighted by molar-refractivity contribution is 8.00. The zero-order chi connectivity index (χ0) is 14.7. The summed E-state index contributed by atoms with van der Waals surface area (Å²) in [4.78, 5) is 0. The maximum Gasteiger partial charge on any atom is 0.225 e. The summed E-state index contributed by atoms with van der Waals surface area (Å²) in [6.07, 6.45) is 8.67. The van der Waals surface area contributed by atoms with Gasteiger partial charge in [0.15, 0.2) is 5.82 Å². The largest absolute Gasteiger partial charge is 0.296 e. The van der Waals surface area contributed by atoms with Crippen molar-refractivity contribution in [2.75, 3.05) is 6.26 Å². The van der Waals surface area contributed by atoms with Crippen molar-refractivity contribution in [2.45, 2.75) is 43.4 Å². The maximum atomic E-state index is 6.31. The number of thioether (sulfide) groups is 1. The van der Waals surface area contributed by atoms with E-state index in [9.17, 15) is 0 Å². The standard InChI is InChI=1S/C16H20ClN3S/c1-21-16(10-6-3-7-11-16)12-20-14(18-19-15(20)17)13-8-4-2-5-9-13/h2,4-5,8-9H,3,6-7,10-12H2,1H3. The molecule has 5 heteroatoms. The molecule has 3 rings (SSSR count). The van der Waals surface area contributed by atoms with E-state index in [-0.39, 0.29) is 4.75 Å². The van der Waals surface area contributed by atoms with Gasteiger partial charge in [0.1, 0.15) is 0 Å². The minimum atomic E-state index is 0.272. The third-order valence-corrected chi connectivity index (χ3v) is 6.06. The number of aromatic nitrogens is 3. The van der Waals surface area contributed by atoms with Crippen molar-refractivity contribution in [3.05, 3.63) is 35.6 Å². The highest BCUT2D eigenvalue weighted by Gasteiger charge is 2.33. The smallest absolute Gasteiger partial charge is 0.225 e. The summed E-state index contributed by atoms with van der Waals surface area (Å²) in [5.74, 6) is 0.875. The molecule has 1 aromatic heterocycles. The predicted octanol–water partition coefficient (Wildman–Crippen LogP) is 4.66. The lowest BCUT2D eigenvalue weighted by atomic mass is 9.88. The van der Waals surface area contributed by atoms with Crippen LogP contribution in [0.15, 0.2) is 30.3 Å². The van der Waals surface area contributed by atoms with E-state index in [0.717, 1.165) is 17.9 Å².